The molecule has 2 fully saturated rings. The largest absolute Gasteiger partial charge is 0.397 e. The first kappa shape index (κ1) is 31.0. The molecule has 0 spiro atoms. The quantitative estimate of drug-likeness (QED) is 0.118. The van der Waals surface area contributed by atoms with Gasteiger partial charge in [0.05, 0.1) is 27.7 Å². The number of nitro benzene ring substituents is 1. The molecule has 6 rings (SSSR count). The van der Waals surface area contributed by atoms with Crippen LogP contribution in [0, 0.1) is 37.8 Å². The van der Waals surface area contributed by atoms with Crippen LogP contribution in [0.2, 0.25) is 0 Å². The molecule has 0 amide bonds. The van der Waals surface area contributed by atoms with Crippen LogP contribution in [-0.4, -0.2) is 53.7 Å². The fraction of sp³-hybridized carbons (Fsp3) is 0.438. The highest BCUT2D eigenvalue weighted by Crippen LogP contribution is 2.35. The first-order chi connectivity index (χ1) is 21.2. The van der Waals surface area contributed by atoms with E-state index >= 15 is 0 Å². The van der Waals surface area contributed by atoms with Crippen LogP contribution in [0.1, 0.15) is 48.6 Å². The van der Waals surface area contributed by atoms with Gasteiger partial charge in [-0.05, 0) is 82.7 Å². The number of hydrogen-bond donors (Lipinski definition) is 3. The number of nitrogens with two attached hydrogens (primary N) is 1. The second-order valence-electron chi connectivity index (χ2n) is 11.3. The predicted molar refractivity (Wildman–Crippen MR) is 169 cm³/mol. The van der Waals surface area contributed by atoms with Gasteiger partial charge in [0.25, 0.3) is 5.69 Å². The highest BCUT2D eigenvalue weighted by molar-refractivity contribution is 5.78. The van der Waals surface area contributed by atoms with Crippen molar-refractivity contribution in [2.75, 3.05) is 42.8 Å². The number of aromatic nitrogens is 2. The van der Waals surface area contributed by atoms with Gasteiger partial charge in [-0.3, -0.25) is 10.1 Å². The molecule has 234 valence electrons. The van der Waals surface area contributed by atoms with Gasteiger partial charge in [-0.2, -0.15) is 0 Å². The van der Waals surface area contributed by atoms with E-state index in [9.17, 15) is 10.1 Å². The lowest BCUT2D eigenvalue weighted by Gasteiger charge is -2.25. The van der Waals surface area contributed by atoms with Gasteiger partial charge in [0.15, 0.2) is 0 Å². The Morgan fingerprint density at radius 3 is 1.64 bits per heavy atom. The molecule has 4 aromatic rings. The Labute approximate surface area is 256 Å². The maximum absolute atomic E-state index is 11.5. The maximum atomic E-state index is 11.5. The summed E-state index contributed by atoms with van der Waals surface area (Å²) in [5.74, 6) is 1.47. The normalized spacial score (nSPS) is 15.8. The number of nitrogens with zero attached hydrogens (tertiary/aromatic N) is 3. The number of rotatable bonds is 7. The third-order valence-corrected chi connectivity index (χ3v) is 8.05. The van der Waals surface area contributed by atoms with Crippen LogP contribution in [0.5, 0.6) is 0 Å². The summed E-state index contributed by atoms with van der Waals surface area (Å²) in [5, 5.41) is 26.1. The molecule has 44 heavy (non-hydrogen) atoms. The molecule has 2 aromatic heterocycles. The van der Waals surface area contributed by atoms with E-state index < -0.39 is 0 Å². The van der Waals surface area contributed by atoms with E-state index in [0.29, 0.717) is 30.7 Å². The van der Waals surface area contributed by atoms with Gasteiger partial charge >= 0.3 is 0 Å². The van der Waals surface area contributed by atoms with Crippen LogP contribution < -0.4 is 16.4 Å². The number of nitrogens with one attached hydrogen (secondary N) is 2. The monoisotopic (exact) mass is 604 g/mol. The first-order valence-corrected chi connectivity index (χ1v) is 14.9. The van der Waals surface area contributed by atoms with Crippen molar-refractivity contribution in [1.82, 2.24) is 10.3 Å². The Bertz CT molecular complexity index is 1550. The van der Waals surface area contributed by atoms with E-state index in [-0.39, 0.29) is 16.7 Å². The minimum Gasteiger partial charge on any atom is -0.397 e. The molecular formula is C32H40N6O6. The zero-order valence-electron chi connectivity index (χ0n) is 25.6. The molecule has 2 aliphatic heterocycles. The molecule has 12 heteroatoms. The number of benzene rings is 2. The van der Waals surface area contributed by atoms with E-state index in [1.165, 1.54) is 0 Å². The number of ether oxygens (including phenoxy) is 2. The van der Waals surface area contributed by atoms with E-state index in [1.54, 1.807) is 19.1 Å². The average molecular weight is 605 g/mol. The standard InChI is InChI=1S/C16H19N3O4.C16H21N3O2/c1-10-16(11(2)23-18-10)12-3-4-14(15(9-12)19(20)21)17-13-5-7-22-8-6-13;1-10-16(11(2)21-19-10)12-3-4-15(14(17)9-12)18-13-5-7-20-8-6-13/h3-4,9,13,17H,5-8H2,1-2H3;3-4,9,13,18H,5-8,17H2,1-2H3. The first-order valence-electron chi connectivity index (χ1n) is 14.9. The van der Waals surface area contributed by atoms with Crippen LogP contribution in [-0.2, 0) is 9.47 Å². The summed E-state index contributed by atoms with van der Waals surface area (Å²) in [6, 6.07) is 11.9. The fourth-order valence-electron chi connectivity index (χ4n) is 5.72. The average Bonchev–Trinajstić information content (AvgIpc) is 3.54. The molecule has 0 saturated carbocycles. The fourth-order valence-corrected chi connectivity index (χ4v) is 5.72. The summed E-state index contributed by atoms with van der Waals surface area (Å²) < 4.78 is 21.1. The highest BCUT2D eigenvalue weighted by atomic mass is 16.6. The van der Waals surface area contributed by atoms with E-state index in [1.807, 2.05) is 39.0 Å². The number of hydrogen-bond acceptors (Lipinski definition) is 11. The van der Waals surface area contributed by atoms with Crippen LogP contribution in [0.15, 0.2) is 45.4 Å². The Balaban J connectivity index is 0.000000175. The third kappa shape index (κ3) is 7.20. The summed E-state index contributed by atoms with van der Waals surface area (Å²) in [4.78, 5) is 11.1. The SMILES string of the molecule is Cc1noc(C)c1-c1ccc(NC2CCOCC2)c(N)c1.Cc1noc(C)c1-c1ccc(NC2CCOCC2)c([N+](=O)[O-])c1. The number of nitro groups is 1. The lowest BCUT2D eigenvalue weighted by molar-refractivity contribution is -0.383. The Morgan fingerprint density at radius 1 is 0.750 bits per heavy atom. The van der Waals surface area contributed by atoms with Gasteiger partial charge in [-0.15, -0.1) is 0 Å². The lowest BCUT2D eigenvalue weighted by Crippen LogP contribution is -2.28. The van der Waals surface area contributed by atoms with Crippen molar-refractivity contribution < 1.29 is 23.4 Å². The van der Waals surface area contributed by atoms with Gasteiger partial charge in [-0.25, -0.2) is 0 Å². The summed E-state index contributed by atoms with van der Waals surface area (Å²) in [5.41, 5.74) is 13.8. The second-order valence-corrected chi connectivity index (χ2v) is 11.3. The zero-order chi connectivity index (χ0) is 31.2. The summed E-state index contributed by atoms with van der Waals surface area (Å²) in [6.45, 7) is 10.5. The topological polar surface area (TPSA) is 164 Å². The van der Waals surface area contributed by atoms with Crippen molar-refractivity contribution in [3.63, 3.8) is 0 Å². The number of nitrogen functional groups attached to an aromatic ring is 1. The minimum absolute atomic E-state index is 0.0639. The predicted octanol–water partition coefficient (Wildman–Crippen LogP) is 6.59. The van der Waals surface area contributed by atoms with Crippen molar-refractivity contribution in [3.8, 4) is 22.3 Å². The smallest absolute Gasteiger partial charge is 0.292 e. The Hall–Kier alpha value is -4.42. The Morgan fingerprint density at radius 2 is 1.20 bits per heavy atom. The van der Waals surface area contributed by atoms with Crippen molar-refractivity contribution in [2.45, 2.75) is 65.5 Å². The third-order valence-electron chi connectivity index (χ3n) is 8.05. The van der Waals surface area contributed by atoms with Gasteiger partial charge in [0, 0.05) is 55.7 Å². The van der Waals surface area contributed by atoms with Gasteiger partial charge in [-0.1, -0.05) is 22.4 Å². The van der Waals surface area contributed by atoms with Gasteiger partial charge < -0.3 is 34.9 Å². The molecule has 0 aliphatic carbocycles. The van der Waals surface area contributed by atoms with Crippen LogP contribution in [0.25, 0.3) is 22.3 Å². The molecule has 4 heterocycles. The summed E-state index contributed by atoms with van der Waals surface area (Å²) >= 11 is 0. The lowest BCUT2D eigenvalue weighted by atomic mass is 10.0. The second kappa shape index (κ2) is 13.9. The van der Waals surface area contributed by atoms with Gasteiger partial charge in [0.1, 0.15) is 17.2 Å². The summed E-state index contributed by atoms with van der Waals surface area (Å²) in [6.07, 6.45) is 3.74. The molecule has 0 atom stereocenters. The minimum atomic E-state index is -0.358. The highest BCUT2D eigenvalue weighted by Gasteiger charge is 2.22. The van der Waals surface area contributed by atoms with Crippen LogP contribution in [0.3, 0.4) is 0 Å². The molecule has 12 nitrogen and oxygen atoms in total. The number of anilines is 3. The van der Waals surface area contributed by atoms with E-state index in [4.69, 9.17) is 24.3 Å². The molecule has 2 aromatic carbocycles. The molecule has 0 radical (unpaired) electrons. The summed E-state index contributed by atoms with van der Waals surface area (Å²) in [7, 11) is 0. The van der Waals surface area contributed by atoms with E-state index in [0.717, 1.165) is 89.7 Å². The number of aryl methyl sites for hydroxylation is 4. The molecule has 0 unspecified atom stereocenters. The molecule has 2 aliphatic rings. The van der Waals surface area contributed by atoms with Gasteiger partial charge in [0.2, 0.25) is 0 Å². The molecule has 0 bridgehead atoms. The van der Waals surface area contributed by atoms with E-state index in [2.05, 4.69) is 27.0 Å². The van der Waals surface area contributed by atoms with Crippen LogP contribution in [0.4, 0.5) is 22.7 Å². The van der Waals surface area contributed by atoms with Crippen molar-refractivity contribution in [3.05, 3.63) is 69.4 Å². The van der Waals surface area contributed by atoms with Crippen molar-refractivity contribution >= 4 is 22.7 Å². The van der Waals surface area contributed by atoms with Crippen molar-refractivity contribution in [1.29, 1.82) is 0 Å². The zero-order valence-corrected chi connectivity index (χ0v) is 25.6. The maximum Gasteiger partial charge on any atom is 0.292 e. The molecular weight excluding hydrogens is 564 g/mol. The van der Waals surface area contributed by atoms with Crippen LogP contribution >= 0.6 is 0 Å². The molecule has 2 saturated heterocycles. The Kier molecular flexibility index (Phi) is 9.81. The van der Waals surface area contributed by atoms with Crippen molar-refractivity contribution in [2.24, 2.45) is 0 Å². The molecule has 4 N–H and O–H groups in total.